The van der Waals surface area contributed by atoms with E-state index in [1.807, 2.05) is 6.07 Å². The first-order valence-corrected chi connectivity index (χ1v) is 11.9. The average Bonchev–Trinajstić information content (AvgIpc) is 3.16. The highest BCUT2D eigenvalue weighted by Gasteiger charge is 2.27. The number of halogens is 1. The molecule has 1 aliphatic rings. The second-order valence-corrected chi connectivity index (χ2v) is 9.71. The lowest BCUT2D eigenvalue weighted by Crippen LogP contribution is -2.47. The Morgan fingerprint density at radius 1 is 1.31 bits per heavy atom. The summed E-state index contributed by atoms with van der Waals surface area (Å²) in [5, 5.41) is 3.51. The summed E-state index contributed by atoms with van der Waals surface area (Å²) in [6, 6.07) is 9.77. The number of hydrogen-bond acceptors (Lipinski definition) is 5. The van der Waals surface area contributed by atoms with Crippen LogP contribution < -0.4 is 14.3 Å². The van der Waals surface area contributed by atoms with Gasteiger partial charge in [-0.2, -0.15) is 13.1 Å². The van der Waals surface area contributed by atoms with Gasteiger partial charge in [0, 0.05) is 30.8 Å². The van der Waals surface area contributed by atoms with Crippen molar-refractivity contribution >= 4 is 44.4 Å². The quantitative estimate of drug-likeness (QED) is 0.504. The molecule has 0 radical (unpaired) electrons. The van der Waals surface area contributed by atoms with E-state index in [4.69, 9.17) is 16.3 Å². The summed E-state index contributed by atoms with van der Waals surface area (Å²) in [7, 11) is -2.02. The molecule has 1 saturated heterocycles. The number of rotatable bonds is 6. The molecule has 4 rings (SSSR count). The third kappa shape index (κ3) is 4.58. The van der Waals surface area contributed by atoms with Crippen molar-refractivity contribution in [1.29, 1.82) is 0 Å². The summed E-state index contributed by atoms with van der Waals surface area (Å²) < 4.78 is 33.8. The highest BCUT2D eigenvalue weighted by Crippen LogP contribution is 2.26. The number of imidazole rings is 1. The first kappa shape index (κ1) is 22.5. The van der Waals surface area contributed by atoms with Crippen molar-refractivity contribution in [3.8, 4) is 0 Å². The van der Waals surface area contributed by atoms with Crippen LogP contribution in [0.25, 0.3) is 11.0 Å². The number of aryl methyl sites for hydroxylation is 1. The Morgan fingerprint density at radius 3 is 2.84 bits per heavy atom. The fraction of sp³-hybridized carbons (Fsp3) is 0.333. The molecule has 0 aliphatic carbocycles. The van der Waals surface area contributed by atoms with Gasteiger partial charge in [-0.05, 0) is 55.3 Å². The minimum absolute atomic E-state index is 0.216. The zero-order chi connectivity index (χ0) is 22.9. The molecule has 11 heteroatoms. The van der Waals surface area contributed by atoms with Crippen LogP contribution in [0.1, 0.15) is 34.2 Å². The molecule has 2 aromatic carbocycles. The largest absolute Gasteiger partial charge is 0.382 e. The van der Waals surface area contributed by atoms with Gasteiger partial charge in [0.25, 0.3) is 5.91 Å². The number of carbonyl (C=O) groups is 1. The molecule has 3 aromatic rings. The minimum atomic E-state index is -3.57. The highest BCUT2D eigenvalue weighted by atomic mass is 35.5. The summed E-state index contributed by atoms with van der Waals surface area (Å²) in [6.45, 7) is 2.82. The maximum absolute atomic E-state index is 13.0. The van der Waals surface area contributed by atoms with Gasteiger partial charge in [-0.1, -0.05) is 11.6 Å². The number of ether oxygens (including phenoxy) is 1. The van der Waals surface area contributed by atoms with Crippen LogP contribution in [0.5, 0.6) is 0 Å². The lowest BCUT2D eigenvalue weighted by atomic mass is 10.1. The van der Waals surface area contributed by atoms with Crippen LogP contribution in [-0.4, -0.2) is 51.1 Å². The second-order valence-electron chi connectivity index (χ2n) is 7.59. The minimum Gasteiger partial charge on any atom is -0.382 e. The van der Waals surface area contributed by atoms with Crippen LogP contribution in [0.4, 0.5) is 5.69 Å². The molecule has 0 saturated carbocycles. The lowest BCUT2D eigenvalue weighted by Gasteiger charge is -2.30. The van der Waals surface area contributed by atoms with Crippen LogP contribution in [0.3, 0.4) is 0 Å². The fourth-order valence-electron chi connectivity index (χ4n) is 3.71. The van der Waals surface area contributed by atoms with Crippen molar-refractivity contribution < 1.29 is 17.9 Å². The Bertz CT molecular complexity index is 1260. The van der Waals surface area contributed by atoms with E-state index in [-0.39, 0.29) is 12.5 Å². The lowest BCUT2D eigenvalue weighted by molar-refractivity contribution is 0.0892. The topological polar surface area (TPSA) is 116 Å². The second kappa shape index (κ2) is 9.07. The molecule has 1 fully saturated rings. The molecule has 0 unspecified atom stereocenters. The van der Waals surface area contributed by atoms with Gasteiger partial charge in [-0.3, -0.25) is 9.10 Å². The number of carbonyl (C=O) groups excluding carboxylic acids is 1. The number of anilines is 1. The molecule has 0 bridgehead atoms. The Labute approximate surface area is 191 Å². The summed E-state index contributed by atoms with van der Waals surface area (Å²) in [5.41, 5.74) is 3.15. The number of nitrogens with zero attached hydrogens (tertiary/aromatic N) is 2. The number of benzene rings is 2. The first-order chi connectivity index (χ1) is 15.3. The molecule has 0 spiro atoms. The van der Waals surface area contributed by atoms with Crippen LogP contribution in [0.2, 0.25) is 5.02 Å². The third-order valence-corrected chi connectivity index (χ3v) is 7.04. The molecule has 1 aromatic heterocycles. The van der Waals surface area contributed by atoms with Gasteiger partial charge in [0.15, 0.2) is 0 Å². The molecular formula is C21H24ClN5O4S. The van der Waals surface area contributed by atoms with Crippen molar-refractivity contribution in [2.75, 3.05) is 31.1 Å². The van der Waals surface area contributed by atoms with Crippen molar-refractivity contribution in [2.45, 2.75) is 19.4 Å². The van der Waals surface area contributed by atoms with Crippen molar-refractivity contribution in [1.82, 2.24) is 20.0 Å². The van der Waals surface area contributed by atoms with Gasteiger partial charge >= 0.3 is 10.2 Å². The average molecular weight is 478 g/mol. The summed E-state index contributed by atoms with van der Waals surface area (Å²) >= 11 is 6.04. The van der Waals surface area contributed by atoms with E-state index in [1.54, 1.807) is 44.4 Å². The predicted octanol–water partition coefficient (Wildman–Crippen LogP) is 2.69. The van der Waals surface area contributed by atoms with Gasteiger partial charge in [0.1, 0.15) is 11.9 Å². The maximum Gasteiger partial charge on any atom is 0.301 e. The number of nitrogens with one attached hydrogen (secondary N) is 3. The number of hydrogen-bond donors (Lipinski definition) is 3. The van der Waals surface area contributed by atoms with E-state index in [9.17, 15) is 13.2 Å². The zero-order valence-electron chi connectivity index (χ0n) is 17.7. The van der Waals surface area contributed by atoms with Gasteiger partial charge in [-0.15, -0.1) is 0 Å². The van der Waals surface area contributed by atoms with Crippen molar-refractivity contribution in [3.63, 3.8) is 0 Å². The van der Waals surface area contributed by atoms with E-state index < -0.39 is 16.3 Å². The molecule has 1 atom stereocenters. The predicted molar refractivity (Wildman–Crippen MR) is 123 cm³/mol. The van der Waals surface area contributed by atoms with Gasteiger partial charge in [0.05, 0.1) is 23.3 Å². The van der Waals surface area contributed by atoms with Crippen LogP contribution in [0, 0.1) is 6.92 Å². The summed E-state index contributed by atoms with van der Waals surface area (Å²) in [4.78, 5) is 20.7. The van der Waals surface area contributed by atoms with E-state index >= 15 is 0 Å². The summed E-state index contributed by atoms with van der Waals surface area (Å²) in [6.07, 6.45) is 0.711. The number of aromatic amines is 1. The Balaban J connectivity index is 1.56. The maximum atomic E-state index is 13.0. The van der Waals surface area contributed by atoms with E-state index in [2.05, 4.69) is 20.0 Å². The van der Waals surface area contributed by atoms with Gasteiger partial charge < -0.3 is 15.0 Å². The number of aromatic nitrogens is 2. The molecule has 2 heterocycles. The number of H-pyrrole nitrogens is 1. The van der Waals surface area contributed by atoms with E-state index in [0.717, 1.165) is 5.52 Å². The van der Waals surface area contributed by atoms with Gasteiger partial charge in [0.2, 0.25) is 0 Å². The Kier molecular flexibility index (Phi) is 6.38. The Hall–Kier alpha value is -2.66. The number of fused-ring (bicyclic) bond motifs is 1. The Morgan fingerprint density at radius 2 is 2.12 bits per heavy atom. The third-order valence-electron chi connectivity index (χ3n) is 5.27. The van der Waals surface area contributed by atoms with E-state index in [0.29, 0.717) is 52.7 Å². The van der Waals surface area contributed by atoms with Crippen LogP contribution >= 0.6 is 11.6 Å². The standard InChI is InChI=1S/C21H24ClN5O4S/c1-13-10-14(4-7-19(13)27-9-3-8-23-32(27,29)30)21(28)26-18(12-31-2)20-24-16-6-5-15(22)11-17(16)25-20/h4-7,10-11,18,23H,3,8-9,12H2,1-2H3,(H,24,25)(H,26,28)/t18-/m0/s1. The molecule has 1 amide bonds. The highest BCUT2D eigenvalue weighted by molar-refractivity contribution is 7.90. The monoisotopic (exact) mass is 477 g/mol. The molecule has 3 N–H and O–H groups in total. The fourth-order valence-corrected chi connectivity index (χ4v) is 5.27. The normalized spacial score (nSPS) is 16.8. The SMILES string of the molecule is COC[C@H](NC(=O)c1ccc(N2CCCNS2(=O)=O)c(C)c1)c1nc2cc(Cl)ccc2[nH]1. The van der Waals surface area contributed by atoms with Gasteiger partial charge in [-0.25, -0.2) is 4.98 Å². The van der Waals surface area contributed by atoms with Crippen molar-refractivity contribution in [3.05, 3.63) is 58.4 Å². The van der Waals surface area contributed by atoms with E-state index in [1.165, 1.54) is 4.31 Å². The smallest absolute Gasteiger partial charge is 0.301 e. The molecule has 170 valence electrons. The summed E-state index contributed by atoms with van der Waals surface area (Å²) in [5.74, 6) is 0.233. The van der Waals surface area contributed by atoms with Crippen molar-refractivity contribution in [2.24, 2.45) is 0 Å². The molecule has 9 nitrogen and oxygen atoms in total. The zero-order valence-corrected chi connectivity index (χ0v) is 19.3. The number of methoxy groups -OCH3 is 1. The molecule has 1 aliphatic heterocycles. The molecule has 32 heavy (non-hydrogen) atoms. The number of amides is 1. The van der Waals surface area contributed by atoms with Crippen LogP contribution in [-0.2, 0) is 14.9 Å². The van der Waals surface area contributed by atoms with Crippen LogP contribution in [0.15, 0.2) is 36.4 Å². The molecular weight excluding hydrogens is 454 g/mol. The first-order valence-electron chi connectivity index (χ1n) is 10.1.